The van der Waals surface area contributed by atoms with Gasteiger partial charge in [-0.15, -0.1) is 0 Å². The fourth-order valence-electron chi connectivity index (χ4n) is 3.82. The molecule has 0 aliphatic carbocycles. The van der Waals surface area contributed by atoms with Crippen LogP contribution in [0.3, 0.4) is 0 Å². The molecule has 0 spiro atoms. The molecule has 0 fully saturated rings. The van der Waals surface area contributed by atoms with Crippen LogP contribution in [0.25, 0.3) is 10.9 Å². The van der Waals surface area contributed by atoms with Gasteiger partial charge in [0.15, 0.2) is 5.76 Å². The van der Waals surface area contributed by atoms with Gasteiger partial charge in [-0.1, -0.05) is 40.5 Å². The van der Waals surface area contributed by atoms with E-state index >= 15 is 0 Å². The van der Waals surface area contributed by atoms with Crippen LogP contribution < -0.4 is 10.6 Å². The van der Waals surface area contributed by atoms with Gasteiger partial charge in [-0.3, -0.25) is 4.98 Å². The van der Waals surface area contributed by atoms with E-state index in [9.17, 15) is 14.0 Å². The van der Waals surface area contributed by atoms with Crippen LogP contribution in [0.4, 0.5) is 25.8 Å². The second-order valence-electron chi connectivity index (χ2n) is 7.81. The minimum Gasteiger partial charge on any atom is -0.370 e. The molecule has 5 rings (SSSR count). The van der Waals surface area contributed by atoms with Crippen molar-refractivity contribution in [2.24, 2.45) is 0 Å². The number of aromatic nitrogens is 2. The van der Waals surface area contributed by atoms with Crippen LogP contribution >= 0.6 is 23.2 Å². The second kappa shape index (κ2) is 9.82. The summed E-state index contributed by atoms with van der Waals surface area (Å²) in [6.07, 6.45) is 2.94. The maximum atomic E-state index is 13.7. The lowest BCUT2D eigenvalue weighted by Crippen LogP contribution is -2.12. The highest BCUT2D eigenvalue weighted by Gasteiger charge is 2.21. The average Bonchev–Trinajstić information content (AvgIpc) is 3.40. The Bertz CT molecular complexity index is 1600. The predicted octanol–water partition coefficient (Wildman–Crippen LogP) is 7.62. The summed E-state index contributed by atoms with van der Waals surface area (Å²) in [6, 6.07) is 16.7. The van der Waals surface area contributed by atoms with Gasteiger partial charge < -0.3 is 15.2 Å². The number of hydrogen-bond donors (Lipinski definition) is 2. The predicted molar refractivity (Wildman–Crippen MR) is 135 cm³/mol. The number of nitrogens with one attached hydrogen (secondary N) is 2. The van der Waals surface area contributed by atoms with Crippen molar-refractivity contribution < 1.29 is 13.3 Å². The highest BCUT2D eigenvalue weighted by Crippen LogP contribution is 2.38. The van der Waals surface area contributed by atoms with E-state index in [0.29, 0.717) is 44.3 Å². The number of fused-ring (bicyclic) bond motifs is 1. The molecule has 5 aromatic rings. The molecule has 0 bridgehead atoms. The third-order valence-corrected chi connectivity index (χ3v) is 6.00. The first-order valence-electron chi connectivity index (χ1n) is 10.6. The molecule has 0 saturated carbocycles. The van der Waals surface area contributed by atoms with Crippen molar-refractivity contribution in [3.05, 3.63) is 112 Å². The van der Waals surface area contributed by atoms with E-state index in [1.807, 2.05) is 0 Å². The maximum absolute atomic E-state index is 13.7. The largest absolute Gasteiger partial charge is 0.370 e. The van der Waals surface area contributed by atoms with E-state index in [2.05, 4.69) is 26.8 Å². The monoisotopic (exact) mass is 521 g/mol. The zero-order valence-electron chi connectivity index (χ0n) is 18.3. The zero-order chi connectivity index (χ0) is 25.2. The van der Waals surface area contributed by atoms with Gasteiger partial charge in [0.05, 0.1) is 33.7 Å². The Balaban J connectivity index is 1.63. The van der Waals surface area contributed by atoms with Gasteiger partial charge in [-0.2, -0.15) is 5.26 Å². The number of nitriles is 1. The highest BCUT2D eigenvalue weighted by atomic mass is 35.5. The molecule has 0 radical (unpaired) electrons. The molecule has 2 aromatic heterocycles. The number of benzene rings is 3. The Morgan fingerprint density at radius 2 is 1.81 bits per heavy atom. The fraction of sp³-hybridized carbons (Fsp3) is 0.0385. The van der Waals surface area contributed by atoms with Crippen molar-refractivity contribution in [1.82, 2.24) is 10.1 Å². The molecule has 1 atom stereocenters. The molecule has 2 heterocycles. The number of nitrogens with zero attached hydrogens (tertiary/aromatic N) is 3. The van der Waals surface area contributed by atoms with Gasteiger partial charge in [0, 0.05) is 28.4 Å². The molecule has 0 aliphatic heterocycles. The number of anilines is 3. The van der Waals surface area contributed by atoms with Gasteiger partial charge in [-0.05, 0) is 48.0 Å². The lowest BCUT2D eigenvalue weighted by molar-refractivity contribution is 0.377. The topological polar surface area (TPSA) is 86.8 Å². The van der Waals surface area contributed by atoms with Crippen molar-refractivity contribution >= 4 is 51.2 Å². The van der Waals surface area contributed by atoms with Crippen molar-refractivity contribution in [3.8, 4) is 6.07 Å². The van der Waals surface area contributed by atoms with Gasteiger partial charge in [0.1, 0.15) is 23.7 Å². The van der Waals surface area contributed by atoms with Crippen LogP contribution in [0.1, 0.15) is 22.9 Å². The Kier molecular flexibility index (Phi) is 6.42. The molecule has 0 aliphatic rings. The molecule has 1 unspecified atom stereocenters. The Morgan fingerprint density at radius 3 is 2.50 bits per heavy atom. The van der Waals surface area contributed by atoms with Gasteiger partial charge >= 0.3 is 0 Å². The highest BCUT2D eigenvalue weighted by molar-refractivity contribution is 6.32. The van der Waals surface area contributed by atoms with Crippen LogP contribution in [0.5, 0.6) is 0 Å². The van der Waals surface area contributed by atoms with Gasteiger partial charge in [-0.25, -0.2) is 8.78 Å². The van der Waals surface area contributed by atoms with E-state index < -0.39 is 11.9 Å². The van der Waals surface area contributed by atoms with Crippen molar-refractivity contribution in [2.75, 3.05) is 10.6 Å². The minimum absolute atomic E-state index is 0.0635. The summed E-state index contributed by atoms with van der Waals surface area (Å²) in [6.45, 7) is 0. The number of pyridine rings is 1. The molecule has 178 valence electrons. The standard InChI is InChI=1S/C26H15Cl2F2N5O/c27-16-9-19-24(34-18-5-6-21(30)20(28)11-18)15(12-31)13-32-26(19)22(10-16)35-25(23-7-8-33-36-23)14-1-3-17(29)4-2-14/h1-11,13,25,35H,(H,32,34). The summed E-state index contributed by atoms with van der Waals surface area (Å²) in [7, 11) is 0. The summed E-state index contributed by atoms with van der Waals surface area (Å²) in [5, 5.41) is 20.9. The summed E-state index contributed by atoms with van der Waals surface area (Å²) in [5.74, 6) is -0.440. The molecule has 3 aromatic carbocycles. The van der Waals surface area contributed by atoms with Crippen LogP contribution in [0, 0.1) is 23.0 Å². The average molecular weight is 522 g/mol. The van der Waals surface area contributed by atoms with Crippen LogP contribution in [0.15, 0.2) is 77.6 Å². The van der Waals surface area contributed by atoms with Crippen molar-refractivity contribution in [2.45, 2.75) is 6.04 Å². The lowest BCUT2D eigenvalue weighted by atomic mass is 10.0. The molecule has 36 heavy (non-hydrogen) atoms. The number of rotatable bonds is 6. The number of halogens is 4. The maximum Gasteiger partial charge on any atom is 0.163 e. The van der Waals surface area contributed by atoms with Gasteiger partial charge in [0.2, 0.25) is 0 Å². The van der Waals surface area contributed by atoms with Crippen LogP contribution in [0.2, 0.25) is 10.0 Å². The summed E-state index contributed by atoms with van der Waals surface area (Å²) in [5.41, 5.74) is 2.91. The Hall–Kier alpha value is -4.19. The fourth-order valence-corrected chi connectivity index (χ4v) is 4.22. The minimum atomic E-state index is -0.559. The SMILES string of the molecule is N#Cc1cnc2c(NC(c3ccc(F)cc3)c3ccno3)cc(Cl)cc2c1Nc1ccc(F)c(Cl)c1. The zero-order valence-corrected chi connectivity index (χ0v) is 19.8. The third kappa shape index (κ3) is 4.67. The number of hydrogen-bond acceptors (Lipinski definition) is 6. The smallest absolute Gasteiger partial charge is 0.163 e. The van der Waals surface area contributed by atoms with E-state index in [4.69, 9.17) is 27.7 Å². The Morgan fingerprint density at radius 1 is 1.00 bits per heavy atom. The van der Waals surface area contributed by atoms with Crippen molar-refractivity contribution in [3.63, 3.8) is 0 Å². The normalized spacial score (nSPS) is 11.8. The summed E-state index contributed by atoms with van der Waals surface area (Å²) in [4.78, 5) is 4.49. The van der Waals surface area contributed by atoms with Crippen LogP contribution in [-0.2, 0) is 0 Å². The van der Waals surface area contributed by atoms with E-state index in [0.717, 1.165) is 0 Å². The second-order valence-corrected chi connectivity index (χ2v) is 8.65. The van der Waals surface area contributed by atoms with E-state index in [1.165, 1.54) is 42.7 Å². The molecule has 0 amide bonds. The molecule has 2 N–H and O–H groups in total. The molecule has 10 heteroatoms. The molecular formula is C26H15Cl2F2N5O. The lowest BCUT2D eigenvalue weighted by Gasteiger charge is -2.20. The molecule has 0 saturated heterocycles. The van der Waals surface area contributed by atoms with Crippen molar-refractivity contribution in [1.29, 1.82) is 5.26 Å². The van der Waals surface area contributed by atoms with Gasteiger partial charge in [0.25, 0.3) is 0 Å². The third-order valence-electron chi connectivity index (χ3n) is 5.49. The first-order valence-corrected chi connectivity index (χ1v) is 11.4. The van der Waals surface area contributed by atoms with Crippen LogP contribution in [-0.4, -0.2) is 10.1 Å². The quantitative estimate of drug-likeness (QED) is 0.239. The van der Waals surface area contributed by atoms with E-state index in [1.54, 1.807) is 30.3 Å². The summed E-state index contributed by atoms with van der Waals surface area (Å²) >= 11 is 12.4. The molecular weight excluding hydrogens is 507 g/mol. The first kappa shape index (κ1) is 23.5. The molecule has 6 nitrogen and oxygen atoms in total. The Labute approximate surface area is 214 Å². The van der Waals surface area contributed by atoms with E-state index in [-0.39, 0.29) is 16.4 Å². The first-order chi connectivity index (χ1) is 17.4. The summed E-state index contributed by atoms with van der Waals surface area (Å²) < 4.78 is 32.6.